The van der Waals surface area contributed by atoms with E-state index in [2.05, 4.69) is 24.4 Å². The number of carbonyl (C=O) groups excluding carboxylic acids is 1. The molecule has 0 radical (unpaired) electrons. The van der Waals surface area contributed by atoms with E-state index in [9.17, 15) is 4.79 Å². The number of rotatable bonds is 3. The molecule has 3 atom stereocenters. The molecule has 2 aliphatic heterocycles. The molecule has 1 aromatic rings. The molecule has 0 saturated carbocycles. The second-order valence-corrected chi connectivity index (χ2v) is 5.90. The van der Waals surface area contributed by atoms with E-state index in [0.29, 0.717) is 11.8 Å². The summed E-state index contributed by atoms with van der Waals surface area (Å²) in [6.45, 7) is 4.83. The average Bonchev–Trinajstić information content (AvgIpc) is 3.00. The Hall–Kier alpha value is -1.10. The molecule has 2 heterocycles. The summed E-state index contributed by atoms with van der Waals surface area (Å²) in [5, 5.41) is 12.5. The van der Waals surface area contributed by atoms with E-state index in [1.54, 1.807) is 0 Å². The number of benzene rings is 1. The molecule has 5 heteroatoms. The smallest absolute Gasteiger partial charge is 0.225 e. The van der Waals surface area contributed by atoms with Gasteiger partial charge in [0, 0.05) is 32.0 Å². The zero-order valence-electron chi connectivity index (χ0n) is 12.3. The maximum absolute atomic E-state index is 12.3. The molecule has 3 rings (SSSR count). The number of fused-ring (bicyclic) bond motifs is 1. The molecule has 2 N–H and O–H groups in total. The molecule has 2 saturated heterocycles. The highest BCUT2D eigenvalue weighted by Crippen LogP contribution is 2.43. The Balaban J connectivity index is 0.00000161. The fraction of sp³-hybridized carbons (Fsp3) is 0.562. The highest BCUT2D eigenvalue weighted by atomic mass is 35.5. The van der Waals surface area contributed by atoms with Gasteiger partial charge in [-0.3, -0.25) is 4.79 Å². The van der Waals surface area contributed by atoms with Crippen molar-refractivity contribution in [3.8, 4) is 0 Å². The van der Waals surface area contributed by atoms with Gasteiger partial charge in [-0.05, 0) is 24.0 Å². The first-order valence-electron chi connectivity index (χ1n) is 7.39. The van der Waals surface area contributed by atoms with Crippen LogP contribution in [0.5, 0.6) is 0 Å². The van der Waals surface area contributed by atoms with Crippen molar-refractivity contribution in [2.45, 2.75) is 19.4 Å². The van der Waals surface area contributed by atoms with Crippen molar-refractivity contribution in [1.29, 1.82) is 0 Å². The Kier molecular flexibility index (Phi) is 5.25. The van der Waals surface area contributed by atoms with Crippen LogP contribution in [-0.2, 0) is 4.79 Å². The fourth-order valence-corrected chi connectivity index (χ4v) is 3.73. The van der Waals surface area contributed by atoms with Gasteiger partial charge in [-0.15, -0.1) is 12.4 Å². The van der Waals surface area contributed by atoms with Crippen molar-refractivity contribution < 1.29 is 9.90 Å². The Bertz CT molecular complexity index is 509. The summed E-state index contributed by atoms with van der Waals surface area (Å²) >= 11 is 0. The molecular formula is C16H23ClN2O2. The number of nitrogens with zero attached hydrogens (tertiary/aromatic N) is 1. The van der Waals surface area contributed by atoms with Gasteiger partial charge in [0.05, 0.1) is 12.6 Å². The van der Waals surface area contributed by atoms with Gasteiger partial charge in [0.25, 0.3) is 0 Å². The minimum atomic E-state index is -0.0661. The van der Waals surface area contributed by atoms with Crippen LogP contribution in [0.25, 0.3) is 0 Å². The number of hydrogen-bond donors (Lipinski definition) is 2. The van der Waals surface area contributed by atoms with Crippen molar-refractivity contribution in [3.05, 3.63) is 35.4 Å². The van der Waals surface area contributed by atoms with Gasteiger partial charge < -0.3 is 15.3 Å². The number of aliphatic hydroxyl groups excluding tert-OH is 1. The van der Waals surface area contributed by atoms with Gasteiger partial charge in [-0.1, -0.05) is 24.3 Å². The van der Waals surface area contributed by atoms with Crippen molar-refractivity contribution in [1.82, 2.24) is 10.2 Å². The van der Waals surface area contributed by atoms with Crippen molar-refractivity contribution in [2.75, 3.05) is 26.2 Å². The second-order valence-electron chi connectivity index (χ2n) is 5.90. The van der Waals surface area contributed by atoms with E-state index in [-0.39, 0.29) is 37.4 Å². The summed E-state index contributed by atoms with van der Waals surface area (Å²) in [6, 6.07) is 8.50. The third-order valence-electron chi connectivity index (χ3n) is 4.72. The lowest BCUT2D eigenvalue weighted by molar-refractivity contribution is -0.133. The molecular weight excluding hydrogens is 288 g/mol. The molecule has 0 unspecified atom stereocenters. The topological polar surface area (TPSA) is 52.6 Å². The van der Waals surface area contributed by atoms with Crippen LogP contribution in [0.3, 0.4) is 0 Å². The predicted molar refractivity (Wildman–Crippen MR) is 84.4 cm³/mol. The highest BCUT2D eigenvalue weighted by molar-refractivity contribution is 5.85. The summed E-state index contributed by atoms with van der Waals surface area (Å²) in [5.74, 6) is 1.12. The van der Waals surface area contributed by atoms with Gasteiger partial charge in [-0.2, -0.15) is 0 Å². The van der Waals surface area contributed by atoms with Crippen LogP contribution >= 0.6 is 12.4 Å². The summed E-state index contributed by atoms with van der Waals surface area (Å²) in [5.41, 5.74) is 2.50. The highest BCUT2D eigenvalue weighted by Gasteiger charge is 2.46. The van der Waals surface area contributed by atoms with Crippen LogP contribution in [0.1, 0.15) is 23.6 Å². The summed E-state index contributed by atoms with van der Waals surface area (Å²) in [7, 11) is 0. The van der Waals surface area contributed by atoms with E-state index in [4.69, 9.17) is 5.11 Å². The first-order chi connectivity index (χ1) is 9.72. The Labute approximate surface area is 131 Å². The van der Waals surface area contributed by atoms with Crippen molar-refractivity contribution in [2.24, 2.45) is 11.8 Å². The van der Waals surface area contributed by atoms with Crippen LogP contribution in [0.15, 0.2) is 24.3 Å². The van der Waals surface area contributed by atoms with Crippen LogP contribution in [0.2, 0.25) is 0 Å². The standard InChI is InChI=1S/C16H22N2O2.ClH/c1-11-4-2-3-5-13(11)16-14-9-17-8-12(14)10-18(16)15(20)6-7-19;/h2-5,12,14,16-17,19H,6-10H2,1H3;1H/t12-,14-,16+;/m0./s1. The number of hydrogen-bond acceptors (Lipinski definition) is 3. The lowest BCUT2D eigenvalue weighted by Crippen LogP contribution is -2.35. The van der Waals surface area contributed by atoms with Crippen LogP contribution in [-0.4, -0.2) is 42.2 Å². The zero-order chi connectivity index (χ0) is 14.1. The first-order valence-corrected chi connectivity index (χ1v) is 7.39. The molecule has 21 heavy (non-hydrogen) atoms. The molecule has 1 aromatic carbocycles. The quantitative estimate of drug-likeness (QED) is 0.890. The van der Waals surface area contributed by atoms with Gasteiger partial charge in [-0.25, -0.2) is 0 Å². The number of aryl methyl sites for hydroxylation is 1. The fourth-order valence-electron chi connectivity index (χ4n) is 3.73. The predicted octanol–water partition coefficient (Wildman–Crippen LogP) is 1.52. The first kappa shape index (κ1) is 16.3. The molecule has 0 spiro atoms. The number of amides is 1. The molecule has 4 nitrogen and oxygen atoms in total. The van der Waals surface area contributed by atoms with E-state index in [1.807, 2.05) is 17.0 Å². The zero-order valence-corrected chi connectivity index (χ0v) is 13.1. The number of likely N-dealkylation sites (tertiary alicyclic amines) is 1. The van der Waals surface area contributed by atoms with Gasteiger partial charge in [0.15, 0.2) is 0 Å². The number of aliphatic hydroxyl groups is 1. The largest absolute Gasteiger partial charge is 0.396 e. The van der Waals surface area contributed by atoms with Crippen LogP contribution in [0.4, 0.5) is 0 Å². The normalized spacial score (nSPS) is 27.3. The molecule has 2 aliphatic rings. The number of halogens is 1. The van der Waals surface area contributed by atoms with Gasteiger partial charge in [0.2, 0.25) is 5.91 Å². The minimum Gasteiger partial charge on any atom is -0.396 e. The Morgan fingerprint density at radius 2 is 2.14 bits per heavy atom. The van der Waals surface area contributed by atoms with Gasteiger partial charge >= 0.3 is 0 Å². The van der Waals surface area contributed by atoms with Gasteiger partial charge in [0.1, 0.15) is 0 Å². The minimum absolute atomic E-state index is 0. The molecule has 116 valence electrons. The second kappa shape index (κ2) is 6.77. The molecule has 0 bridgehead atoms. The van der Waals surface area contributed by atoms with Crippen molar-refractivity contribution >= 4 is 18.3 Å². The van der Waals surface area contributed by atoms with E-state index in [1.165, 1.54) is 11.1 Å². The Morgan fingerprint density at radius 1 is 1.38 bits per heavy atom. The average molecular weight is 311 g/mol. The SMILES string of the molecule is Cc1ccccc1[C@@H]1[C@H]2CNC[C@H]2CN1C(=O)CCO.Cl. The molecule has 2 fully saturated rings. The summed E-state index contributed by atoms with van der Waals surface area (Å²) < 4.78 is 0. The molecule has 0 aromatic heterocycles. The van der Waals surface area contributed by atoms with Crippen LogP contribution < -0.4 is 5.32 Å². The summed E-state index contributed by atoms with van der Waals surface area (Å²) in [6.07, 6.45) is 0.231. The maximum atomic E-state index is 12.3. The lowest BCUT2D eigenvalue weighted by atomic mass is 9.87. The molecule has 0 aliphatic carbocycles. The summed E-state index contributed by atoms with van der Waals surface area (Å²) in [4.78, 5) is 14.3. The third-order valence-corrected chi connectivity index (χ3v) is 4.72. The van der Waals surface area contributed by atoms with E-state index in [0.717, 1.165) is 19.6 Å². The monoisotopic (exact) mass is 310 g/mol. The van der Waals surface area contributed by atoms with Crippen molar-refractivity contribution in [3.63, 3.8) is 0 Å². The number of nitrogens with one attached hydrogen (secondary N) is 1. The van der Waals surface area contributed by atoms with E-state index >= 15 is 0 Å². The number of carbonyl (C=O) groups is 1. The molecule has 1 amide bonds. The van der Waals surface area contributed by atoms with Crippen LogP contribution in [0, 0.1) is 18.8 Å². The Morgan fingerprint density at radius 3 is 2.86 bits per heavy atom. The lowest BCUT2D eigenvalue weighted by Gasteiger charge is -2.29. The maximum Gasteiger partial charge on any atom is 0.225 e. The third kappa shape index (κ3) is 2.93. The van der Waals surface area contributed by atoms with E-state index < -0.39 is 0 Å².